The van der Waals surface area contributed by atoms with E-state index in [2.05, 4.69) is 6.58 Å². The number of aliphatic hydroxyl groups excluding tert-OH is 1. The third-order valence-electron chi connectivity index (χ3n) is 1.24. The van der Waals surface area contributed by atoms with E-state index in [1.165, 1.54) is 6.08 Å². The van der Waals surface area contributed by atoms with E-state index in [4.69, 9.17) is 15.1 Å². The van der Waals surface area contributed by atoms with Crippen LogP contribution in [0.25, 0.3) is 0 Å². The first kappa shape index (κ1) is 11.7. The van der Waals surface area contributed by atoms with Crippen LogP contribution in [0.3, 0.4) is 0 Å². The smallest absolute Gasteiger partial charge is 0.118 e. The Kier molecular flexibility index (Phi) is 6.68. The van der Waals surface area contributed by atoms with Crippen molar-refractivity contribution < 1.29 is 15.1 Å². The molecule has 0 amide bonds. The summed E-state index contributed by atoms with van der Waals surface area (Å²) in [5, 5.41) is 16.9. The summed E-state index contributed by atoms with van der Waals surface area (Å²) in [7, 11) is 0. The highest BCUT2D eigenvalue weighted by Crippen LogP contribution is 1.99. The van der Waals surface area contributed by atoms with Crippen molar-refractivity contribution in [3.05, 3.63) is 36.3 Å². The van der Waals surface area contributed by atoms with Crippen LogP contribution in [0.15, 0.2) is 36.3 Å². The predicted molar refractivity (Wildman–Crippen MR) is 50.0 cm³/mol. The molecule has 3 N–H and O–H groups in total. The number of ether oxygens (including phenoxy) is 1. The van der Waals surface area contributed by atoms with Gasteiger partial charge in [0, 0.05) is 5.70 Å². The van der Waals surface area contributed by atoms with E-state index in [1.807, 2.05) is 5.48 Å². The number of hydrogen-bond donors (Lipinski definition) is 3. The molecule has 0 aliphatic rings. The highest BCUT2D eigenvalue weighted by Gasteiger charge is 1.89. The second kappa shape index (κ2) is 7.39. The Bertz CT molecular complexity index is 209. The van der Waals surface area contributed by atoms with Crippen molar-refractivity contribution in [2.24, 2.45) is 0 Å². The van der Waals surface area contributed by atoms with Crippen LogP contribution >= 0.6 is 0 Å². The largest absolute Gasteiger partial charge is 0.491 e. The molecule has 4 heteroatoms. The van der Waals surface area contributed by atoms with E-state index in [9.17, 15) is 0 Å². The van der Waals surface area contributed by atoms with Crippen molar-refractivity contribution in [3.63, 3.8) is 0 Å². The van der Waals surface area contributed by atoms with Crippen LogP contribution in [0, 0.1) is 0 Å². The van der Waals surface area contributed by atoms with Crippen LogP contribution in [-0.4, -0.2) is 23.5 Å². The first-order valence-electron chi connectivity index (χ1n) is 3.89. The first-order chi connectivity index (χ1) is 6.24. The highest BCUT2D eigenvalue weighted by molar-refractivity contribution is 5.18. The third-order valence-corrected chi connectivity index (χ3v) is 1.24. The van der Waals surface area contributed by atoms with Gasteiger partial charge in [-0.3, -0.25) is 10.7 Å². The summed E-state index contributed by atoms with van der Waals surface area (Å²) >= 11 is 0. The zero-order chi connectivity index (χ0) is 10.1. The van der Waals surface area contributed by atoms with Gasteiger partial charge in [-0.2, -0.15) is 0 Å². The monoisotopic (exact) mass is 185 g/mol. The SMILES string of the molecule is C=C/C(=C\C=C(\C)NO)OCCO. The molecule has 13 heavy (non-hydrogen) atoms. The molecule has 0 unspecified atom stereocenters. The lowest BCUT2D eigenvalue weighted by Gasteiger charge is -2.03. The Balaban J connectivity index is 4.13. The molecule has 0 bridgehead atoms. The van der Waals surface area contributed by atoms with Crippen molar-refractivity contribution in [1.82, 2.24) is 5.48 Å². The molecule has 74 valence electrons. The van der Waals surface area contributed by atoms with Crippen LogP contribution < -0.4 is 5.48 Å². The Hall–Kier alpha value is -1.26. The van der Waals surface area contributed by atoms with Gasteiger partial charge >= 0.3 is 0 Å². The van der Waals surface area contributed by atoms with Gasteiger partial charge in [0.25, 0.3) is 0 Å². The summed E-state index contributed by atoms with van der Waals surface area (Å²) in [6.07, 6.45) is 4.80. The summed E-state index contributed by atoms with van der Waals surface area (Å²) in [4.78, 5) is 0. The lowest BCUT2D eigenvalue weighted by Crippen LogP contribution is -2.02. The Morgan fingerprint density at radius 2 is 2.23 bits per heavy atom. The van der Waals surface area contributed by atoms with E-state index < -0.39 is 0 Å². The van der Waals surface area contributed by atoms with Gasteiger partial charge in [-0.1, -0.05) is 6.58 Å². The molecule has 0 spiro atoms. The molecule has 0 aliphatic heterocycles. The Morgan fingerprint density at radius 1 is 1.54 bits per heavy atom. The van der Waals surface area contributed by atoms with Crippen LogP contribution in [0.5, 0.6) is 0 Å². The van der Waals surface area contributed by atoms with Crippen LogP contribution in [0.4, 0.5) is 0 Å². The zero-order valence-electron chi connectivity index (χ0n) is 7.66. The molecular formula is C9H15NO3. The van der Waals surface area contributed by atoms with Crippen molar-refractivity contribution >= 4 is 0 Å². The van der Waals surface area contributed by atoms with Gasteiger partial charge in [-0.05, 0) is 25.2 Å². The molecule has 0 heterocycles. The maximum absolute atomic E-state index is 8.48. The van der Waals surface area contributed by atoms with Gasteiger partial charge < -0.3 is 9.84 Å². The second-order valence-electron chi connectivity index (χ2n) is 2.31. The summed E-state index contributed by atoms with van der Waals surface area (Å²) in [5.74, 6) is 0.545. The van der Waals surface area contributed by atoms with Gasteiger partial charge in [0.15, 0.2) is 0 Å². The minimum Gasteiger partial charge on any atom is -0.491 e. The van der Waals surface area contributed by atoms with Gasteiger partial charge in [0.1, 0.15) is 12.4 Å². The van der Waals surface area contributed by atoms with Gasteiger partial charge in [-0.15, -0.1) is 0 Å². The standard InChI is InChI=1S/C9H15NO3/c1-3-9(13-7-6-11)5-4-8(2)10-12/h3-5,10-12H,1,6-7H2,2H3/b8-4-,9-5+. The van der Waals surface area contributed by atoms with E-state index in [0.29, 0.717) is 11.5 Å². The number of rotatable bonds is 6. The first-order valence-corrected chi connectivity index (χ1v) is 3.89. The number of hydrogen-bond acceptors (Lipinski definition) is 4. The van der Waals surface area contributed by atoms with Crippen molar-refractivity contribution in [3.8, 4) is 0 Å². The molecule has 0 saturated carbocycles. The fourth-order valence-electron chi connectivity index (χ4n) is 0.583. The van der Waals surface area contributed by atoms with Crippen LogP contribution in [0.2, 0.25) is 0 Å². The van der Waals surface area contributed by atoms with Crippen molar-refractivity contribution in [2.75, 3.05) is 13.2 Å². The maximum atomic E-state index is 8.48. The number of allylic oxidation sites excluding steroid dienone is 4. The average Bonchev–Trinajstić information content (AvgIpc) is 2.17. The summed E-state index contributed by atoms with van der Waals surface area (Å²) in [5.41, 5.74) is 2.57. The van der Waals surface area contributed by atoms with E-state index >= 15 is 0 Å². The normalized spacial score (nSPS) is 12.5. The maximum Gasteiger partial charge on any atom is 0.118 e. The minimum absolute atomic E-state index is 0.0356. The molecule has 0 aliphatic carbocycles. The van der Waals surface area contributed by atoms with E-state index in [0.717, 1.165) is 0 Å². The summed E-state index contributed by atoms with van der Waals surface area (Å²) < 4.78 is 5.07. The number of hydroxylamine groups is 1. The van der Waals surface area contributed by atoms with Crippen LogP contribution in [0.1, 0.15) is 6.92 Å². The average molecular weight is 185 g/mol. The summed E-state index contributed by atoms with van der Waals surface area (Å²) in [6, 6.07) is 0. The van der Waals surface area contributed by atoms with Gasteiger partial charge in [-0.25, -0.2) is 0 Å². The lowest BCUT2D eigenvalue weighted by molar-refractivity contribution is 0.152. The molecule has 0 radical (unpaired) electrons. The molecule has 0 saturated heterocycles. The molecule has 0 aromatic carbocycles. The molecule has 0 atom stereocenters. The van der Waals surface area contributed by atoms with Gasteiger partial charge in [0.2, 0.25) is 0 Å². The lowest BCUT2D eigenvalue weighted by atomic mass is 10.3. The molecular weight excluding hydrogens is 170 g/mol. The molecule has 0 aromatic rings. The molecule has 0 rings (SSSR count). The minimum atomic E-state index is -0.0356. The topological polar surface area (TPSA) is 61.7 Å². The Morgan fingerprint density at radius 3 is 2.69 bits per heavy atom. The number of aliphatic hydroxyl groups is 1. The van der Waals surface area contributed by atoms with E-state index in [-0.39, 0.29) is 13.2 Å². The number of nitrogens with one attached hydrogen (secondary N) is 1. The summed E-state index contributed by atoms with van der Waals surface area (Å²) in [6.45, 7) is 5.43. The Labute approximate surface area is 77.8 Å². The second-order valence-corrected chi connectivity index (χ2v) is 2.31. The van der Waals surface area contributed by atoms with E-state index in [1.54, 1.807) is 19.1 Å². The fraction of sp³-hybridized carbons (Fsp3) is 0.333. The molecule has 0 fully saturated rings. The van der Waals surface area contributed by atoms with Gasteiger partial charge in [0.05, 0.1) is 6.61 Å². The van der Waals surface area contributed by atoms with Crippen molar-refractivity contribution in [2.45, 2.75) is 6.92 Å². The quantitative estimate of drug-likeness (QED) is 0.327. The van der Waals surface area contributed by atoms with Crippen molar-refractivity contribution in [1.29, 1.82) is 0 Å². The fourth-order valence-corrected chi connectivity index (χ4v) is 0.583. The third kappa shape index (κ3) is 5.95. The predicted octanol–water partition coefficient (Wildman–Crippen LogP) is 0.948. The molecule has 4 nitrogen and oxygen atoms in total. The van der Waals surface area contributed by atoms with Crippen LogP contribution in [-0.2, 0) is 4.74 Å². The highest BCUT2D eigenvalue weighted by atomic mass is 16.5. The zero-order valence-corrected chi connectivity index (χ0v) is 7.66. The molecule has 0 aromatic heterocycles.